The summed E-state index contributed by atoms with van der Waals surface area (Å²) in [6, 6.07) is 0. The van der Waals surface area contributed by atoms with E-state index in [1.165, 1.54) is 50.0 Å². The van der Waals surface area contributed by atoms with Gasteiger partial charge in [-0.05, 0) is 24.8 Å². The first-order chi connectivity index (χ1) is 7.85. The molecule has 0 spiro atoms. The lowest BCUT2D eigenvalue weighted by Gasteiger charge is -2.33. The number of nitrogens with two attached hydrogens (primary N) is 1. The normalized spacial score (nSPS) is 21.3. The van der Waals surface area contributed by atoms with Crippen molar-refractivity contribution in [1.29, 1.82) is 0 Å². The number of hydrogen-bond acceptors (Lipinski definition) is 3. The molecule has 1 aliphatic carbocycles. The van der Waals surface area contributed by atoms with E-state index in [0.29, 0.717) is 5.41 Å². The van der Waals surface area contributed by atoms with Crippen LogP contribution in [0.15, 0.2) is 11.6 Å². The molecule has 90 valence electrons. The molecule has 0 saturated heterocycles. The van der Waals surface area contributed by atoms with Gasteiger partial charge in [0, 0.05) is 18.0 Å². The smallest absolute Gasteiger partial charge is 0.0930 e. The molecule has 2 rings (SSSR count). The Kier molecular flexibility index (Phi) is 4.36. The molecule has 0 aliphatic heterocycles. The van der Waals surface area contributed by atoms with Crippen LogP contribution in [0.5, 0.6) is 0 Å². The second kappa shape index (κ2) is 5.78. The van der Waals surface area contributed by atoms with Crippen molar-refractivity contribution in [2.45, 2.75) is 51.4 Å². The van der Waals surface area contributed by atoms with Crippen LogP contribution in [0.2, 0.25) is 0 Å². The van der Waals surface area contributed by atoms with Gasteiger partial charge in [0.25, 0.3) is 0 Å². The molecule has 0 bridgehead atoms. The summed E-state index contributed by atoms with van der Waals surface area (Å²) in [5, 5.41) is 3.34. The van der Waals surface area contributed by atoms with E-state index < -0.39 is 0 Å². The Bertz CT molecular complexity index is 287. The first-order valence-electron chi connectivity index (χ1n) is 6.43. The molecule has 1 aliphatic rings. The lowest BCUT2D eigenvalue weighted by Crippen LogP contribution is -2.33. The average molecular weight is 238 g/mol. The summed E-state index contributed by atoms with van der Waals surface area (Å²) in [6.07, 6.45) is 12.5. The summed E-state index contributed by atoms with van der Waals surface area (Å²) in [5.41, 5.74) is 6.40. The molecule has 0 amide bonds. The van der Waals surface area contributed by atoms with Gasteiger partial charge in [0.2, 0.25) is 0 Å². The number of rotatable bonds is 3. The zero-order chi connectivity index (χ0) is 11.3. The second-order valence-corrected chi connectivity index (χ2v) is 6.05. The van der Waals surface area contributed by atoms with Crippen LogP contribution in [0.25, 0.3) is 0 Å². The third kappa shape index (κ3) is 3.05. The maximum Gasteiger partial charge on any atom is 0.0930 e. The molecule has 0 atom stereocenters. The highest BCUT2D eigenvalue weighted by Crippen LogP contribution is 2.36. The molecule has 16 heavy (non-hydrogen) atoms. The third-order valence-electron chi connectivity index (χ3n) is 3.86. The van der Waals surface area contributed by atoms with E-state index >= 15 is 0 Å². The number of nitrogens with zero attached hydrogens (tertiary/aromatic N) is 1. The van der Waals surface area contributed by atoms with Gasteiger partial charge in [-0.2, -0.15) is 0 Å². The van der Waals surface area contributed by atoms with Gasteiger partial charge in [0.1, 0.15) is 0 Å². The van der Waals surface area contributed by atoms with E-state index in [0.717, 1.165) is 13.0 Å². The Hall–Kier alpha value is -0.410. The zero-order valence-electron chi connectivity index (χ0n) is 9.95. The van der Waals surface area contributed by atoms with Crippen molar-refractivity contribution >= 4 is 11.3 Å². The first-order valence-corrected chi connectivity index (χ1v) is 7.31. The molecule has 1 aromatic heterocycles. The van der Waals surface area contributed by atoms with E-state index in [1.807, 2.05) is 6.20 Å². The van der Waals surface area contributed by atoms with Crippen molar-refractivity contribution in [3.05, 3.63) is 16.6 Å². The summed E-state index contributed by atoms with van der Waals surface area (Å²) in [7, 11) is 0. The van der Waals surface area contributed by atoms with Crippen LogP contribution in [0.1, 0.15) is 50.0 Å². The number of hydrogen-bond donors (Lipinski definition) is 1. The lowest BCUT2D eigenvalue weighted by molar-refractivity contribution is 0.217. The van der Waals surface area contributed by atoms with Gasteiger partial charge >= 0.3 is 0 Å². The molecule has 2 N–H and O–H groups in total. The van der Waals surface area contributed by atoms with Crippen molar-refractivity contribution < 1.29 is 0 Å². The Morgan fingerprint density at radius 1 is 1.19 bits per heavy atom. The Morgan fingerprint density at radius 3 is 2.44 bits per heavy atom. The van der Waals surface area contributed by atoms with E-state index in [9.17, 15) is 0 Å². The van der Waals surface area contributed by atoms with Crippen LogP contribution in [0.3, 0.4) is 0 Å². The van der Waals surface area contributed by atoms with Crippen LogP contribution in [0.4, 0.5) is 0 Å². The second-order valence-electron chi connectivity index (χ2n) is 5.07. The molecule has 1 heterocycles. The maximum atomic E-state index is 6.05. The van der Waals surface area contributed by atoms with Crippen molar-refractivity contribution in [1.82, 2.24) is 4.98 Å². The Balaban J connectivity index is 2.03. The zero-order valence-corrected chi connectivity index (χ0v) is 10.8. The van der Waals surface area contributed by atoms with Gasteiger partial charge in [0.05, 0.1) is 5.01 Å². The predicted octanol–water partition coefficient (Wildman–Crippen LogP) is 3.38. The highest BCUT2D eigenvalue weighted by Gasteiger charge is 2.29. The fourth-order valence-corrected chi connectivity index (χ4v) is 3.56. The summed E-state index contributed by atoms with van der Waals surface area (Å²) in [4.78, 5) is 4.42. The highest BCUT2D eigenvalue weighted by atomic mass is 32.1. The minimum absolute atomic E-state index is 0.346. The van der Waals surface area contributed by atoms with Crippen LogP contribution >= 0.6 is 11.3 Å². The van der Waals surface area contributed by atoms with Crippen LogP contribution in [-0.4, -0.2) is 11.5 Å². The number of aromatic nitrogens is 1. The standard InChI is InChI=1S/C13H22N2S/c14-11-13(10-12-15-8-9-16-12)6-4-2-1-3-5-7-13/h8-9H,1-7,10-11,14H2. The quantitative estimate of drug-likeness (QED) is 0.877. The molecule has 0 aromatic carbocycles. The monoisotopic (exact) mass is 238 g/mol. The fraction of sp³-hybridized carbons (Fsp3) is 0.769. The molecule has 1 aromatic rings. The van der Waals surface area contributed by atoms with Gasteiger partial charge < -0.3 is 5.73 Å². The van der Waals surface area contributed by atoms with Crippen LogP contribution in [-0.2, 0) is 6.42 Å². The minimum atomic E-state index is 0.346. The minimum Gasteiger partial charge on any atom is -0.330 e. The maximum absolute atomic E-state index is 6.05. The van der Waals surface area contributed by atoms with Crippen LogP contribution in [0, 0.1) is 5.41 Å². The molecule has 0 unspecified atom stereocenters. The van der Waals surface area contributed by atoms with Gasteiger partial charge in [-0.25, -0.2) is 4.98 Å². The first kappa shape index (κ1) is 12.1. The van der Waals surface area contributed by atoms with E-state index in [4.69, 9.17) is 5.73 Å². The van der Waals surface area contributed by atoms with Gasteiger partial charge in [-0.1, -0.05) is 32.1 Å². The molecule has 1 saturated carbocycles. The van der Waals surface area contributed by atoms with Gasteiger partial charge in [0.15, 0.2) is 0 Å². The summed E-state index contributed by atoms with van der Waals surface area (Å²) < 4.78 is 0. The SMILES string of the molecule is NCC1(Cc2nccs2)CCCCCCC1. The topological polar surface area (TPSA) is 38.9 Å². The van der Waals surface area contributed by atoms with E-state index in [1.54, 1.807) is 11.3 Å². The predicted molar refractivity (Wildman–Crippen MR) is 69.6 cm³/mol. The highest BCUT2D eigenvalue weighted by molar-refractivity contribution is 7.09. The summed E-state index contributed by atoms with van der Waals surface area (Å²) in [6.45, 7) is 0.826. The van der Waals surface area contributed by atoms with E-state index in [-0.39, 0.29) is 0 Å². The van der Waals surface area contributed by atoms with Gasteiger partial charge in [-0.15, -0.1) is 11.3 Å². The summed E-state index contributed by atoms with van der Waals surface area (Å²) in [5.74, 6) is 0. The van der Waals surface area contributed by atoms with Gasteiger partial charge in [-0.3, -0.25) is 0 Å². The van der Waals surface area contributed by atoms with Crippen molar-refractivity contribution in [3.63, 3.8) is 0 Å². The average Bonchev–Trinajstić information content (AvgIpc) is 2.75. The molecule has 0 radical (unpaired) electrons. The number of thiazole rings is 1. The largest absolute Gasteiger partial charge is 0.330 e. The van der Waals surface area contributed by atoms with Crippen molar-refractivity contribution in [2.24, 2.45) is 11.1 Å². The molecule has 3 heteroatoms. The summed E-state index contributed by atoms with van der Waals surface area (Å²) >= 11 is 1.78. The van der Waals surface area contributed by atoms with E-state index in [2.05, 4.69) is 10.4 Å². The Morgan fingerprint density at radius 2 is 1.88 bits per heavy atom. The molecule has 1 fully saturated rings. The third-order valence-corrected chi connectivity index (χ3v) is 4.64. The fourth-order valence-electron chi connectivity index (χ4n) is 2.77. The van der Waals surface area contributed by atoms with Crippen LogP contribution < -0.4 is 5.73 Å². The van der Waals surface area contributed by atoms with Crippen molar-refractivity contribution in [3.8, 4) is 0 Å². The molecule has 2 nitrogen and oxygen atoms in total. The Labute approximate surface area is 102 Å². The molecular formula is C13H22N2S. The lowest BCUT2D eigenvalue weighted by atomic mass is 9.74. The molecular weight excluding hydrogens is 216 g/mol. The van der Waals surface area contributed by atoms with Crippen molar-refractivity contribution in [2.75, 3.05) is 6.54 Å².